The smallest absolute Gasteiger partial charge is 0.274 e. The Morgan fingerprint density at radius 2 is 2.00 bits per heavy atom. The van der Waals surface area contributed by atoms with Crippen LogP contribution in [0.4, 0.5) is 11.4 Å². The number of nitro benzene ring substituents is 1. The maximum Gasteiger partial charge on any atom is 0.274 e. The number of hydrogen-bond acceptors (Lipinski definition) is 5. The molecule has 0 atom stereocenters. The predicted octanol–water partition coefficient (Wildman–Crippen LogP) is 1.48. The zero-order chi connectivity index (χ0) is 16.8. The molecule has 1 N–H and O–H groups in total. The molecule has 1 saturated heterocycles. The van der Waals surface area contributed by atoms with E-state index in [1.165, 1.54) is 12.1 Å². The summed E-state index contributed by atoms with van der Waals surface area (Å²) in [6, 6.07) is 4.50. The van der Waals surface area contributed by atoms with Crippen LogP contribution in [0, 0.1) is 17.0 Å². The van der Waals surface area contributed by atoms with E-state index in [-0.39, 0.29) is 30.3 Å². The number of morpholine rings is 1. The van der Waals surface area contributed by atoms with Gasteiger partial charge in [-0.3, -0.25) is 19.7 Å². The minimum absolute atomic E-state index is 0.0400. The highest BCUT2D eigenvalue weighted by Gasteiger charge is 2.19. The molecule has 1 aromatic rings. The molecule has 8 nitrogen and oxygen atoms in total. The second-order valence-electron chi connectivity index (χ2n) is 5.25. The van der Waals surface area contributed by atoms with E-state index in [2.05, 4.69) is 5.32 Å². The van der Waals surface area contributed by atoms with Gasteiger partial charge in [-0.2, -0.15) is 0 Å². The molecule has 124 valence electrons. The topological polar surface area (TPSA) is 102 Å². The van der Waals surface area contributed by atoms with E-state index >= 15 is 0 Å². The van der Waals surface area contributed by atoms with Gasteiger partial charge in [0.25, 0.3) is 5.69 Å². The monoisotopic (exact) mass is 321 g/mol. The van der Waals surface area contributed by atoms with Crippen LogP contribution in [0.3, 0.4) is 0 Å². The van der Waals surface area contributed by atoms with Crippen LogP contribution >= 0.6 is 0 Å². The average Bonchev–Trinajstić information content (AvgIpc) is 2.55. The summed E-state index contributed by atoms with van der Waals surface area (Å²) >= 11 is 0. The minimum Gasteiger partial charge on any atom is -0.378 e. The van der Waals surface area contributed by atoms with Crippen molar-refractivity contribution in [1.82, 2.24) is 4.90 Å². The maximum atomic E-state index is 12.0. The van der Waals surface area contributed by atoms with E-state index in [0.29, 0.717) is 37.6 Å². The van der Waals surface area contributed by atoms with Crippen molar-refractivity contribution in [2.75, 3.05) is 31.6 Å². The lowest BCUT2D eigenvalue weighted by Gasteiger charge is -2.26. The molecule has 0 aromatic heterocycles. The summed E-state index contributed by atoms with van der Waals surface area (Å²) in [6.07, 6.45) is 0.151. The molecule has 0 aliphatic carbocycles. The molecule has 23 heavy (non-hydrogen) atoms. The third kappa shape index (κ3) is 4.49. The minimum atomic E-state index is -0.493. The van der Waals surface area contributed by atoms with Crippen molar-refractivity contribution in [1.29, 1.82) is 0 Å². The molecular weight excluding hydrogens is 302 g/mol. The fourth-order valence-corrected chi connectivity index (χ4v) is 2.36. The SMILES string of the molecule is Cc1c(NC(=O)CCC(=O)N2CCOCC2)cccc1[N+](=O)[O-]. The summed E-state index contributed by atoms with van der Waals surface area (Å²) in [5.41, 5.74) is 0.737. The van der Waals surface area contributed by atoms with Gasteiger partial charge >= 0.3 is 0 Å². The zero-order valence-corrected chi connectivity index (χ0v) is 12.9. The van der Waals surface area contributed by atoms with Crippen LogP contribution in [0.5, 0.6) is 0 Å². The Labute approximate surface area is 133 Å². The number of nitro groups is 1. The Balaban J connectivity index is 1.88. The van der Waals surface area contributed by atoms with E-state index in [4.69, 9.17) is 4.74 Å². The van der Waals surface area contributed by atoms with Gasteiger partial charge in [0, 0.05) is 32.0 Å². The van der Waals surface area contributed by atoms with Gasteiger partial charge in [-0.05, 0) is 13.0 Å². The van der Waals surface area contributed by atoms with Gasteiger partial charge in [-0.1, -0.05) is 6.07 Å². The van der Waals surface area contributed by atoms with Crippen molar-refractivity contribution in [2.45, 2.75) is 19.8 Å². The lowest BCUT2D eigenvalue weighted by molar-refractivity contribution is -0.385. The van der Waals surface area contributed by atoms with Crippen LogP contribution in [-0.2, 0) is 14.3 Å². The Bertz CT molecular complexity index is 611. The molecule has 1 aliphatic heterocycles. The molecule has 2 rings (SSSR count). The summed E-state index contributed by atoms with van der Waals surface area (Å²) in [6.45, 7) is 3.71. The number of carbonyl (C=O) groups is 2. The number of nitrogens with zero attached hydrogens (tertiary/aromatic N) is 2. The van der Waals surface area contributed by atoms with Gasteiger partial charge in [-0.25, -0.2) is 0 Å². The van der Waals surface area contributed by atoms with Crippen LogP contribution < -0.4 is 5.32 Å². The summed E-state index contributed by atoms with van der Waals surface area (Å²) in [7, 11) is 0. The van der Waals surface area contributed by atoms with Crippen LogP contribution in [0.15, 0.2) is 18.2 Å². The van der Waals surface area contributed by atoms with Crippen molar-refractivity contribution in [3.63, 3.8) is 0 Å². The Kier molecular flexibility index (Phi) is 5.64. The molecule has 1 aliphatic rings. The first kappa shape index (κ1) is 16.9. The third-order valence-electron chi connectivity index (χ3n) is 3.71. The molecule has 0 unspecified atom stereocenters. The largest absolute Gasteiger partial charge is 0.378 e. The summed E-state index contributed by atoms with van der Waals surface area (Å²) in [4.78, 5) is 36.0. The number of ether oxygens (including phenoxy) is 1. The van der Waals surface area contributed by atoms with Crippen LogP contribution in [-0.4, -0.2) is 47.9 Å². The van der Waals surface area contributed by atoms with E-state index in [1.54, 1.807) is 17.9 Å². The number of nitrogens with one attached hydrogen (secondary N) is 1. The molecule has 0 bridgehead atoms. The average molecular weight is 321 g/mol. The molecule has 1 heterocycles. The first-order valence-corrected chi connectivity index (χ1v) is 7.38. The standard InChI is InChI=1S/C15H19N3O5/c1-11-12(3-2-4-13(11)18(21)22)16-14(19)5-6-15(20)17-7-9-23-10-8-17/h2-4H,5-10H2,1H3,(H,16,19). The fraction of sp³-hybridized carbons (Fsp3) is 0.467. The van der Waals surface area contributed by atoms with Gasteiger partial charge in [-0.15, -0.1) is 0 Å². The Morgan fingerprint density at radius 1 is 1.30 bits per heavy atom. The van der Waals surface area contributed by atoms with Crippen LogP contribution in [0.2, 0.25) is 0 Å². The molecule has 2 amide bonds. The maximum absolute atomic E-state index is 12.0. The second kappa shape index (κ2) is 7.68. The third-order valence-corrected chi connectivity index (χ3v) is 3.71. The number of rotatable bonds is 5. The Morgan fingerprint density at radius 3 is 2.65 bits per heavy atom. The Hall–Kier alpha value is -2.48. The summed E-state index contributed by atoms with van der Waals surface area (Å²) < 4.78 is 5.17. The van der Waals surface area contributed by atoms with Gasteiger partial charge in [0.2, 0.25) is 11.8 Å². The first-order valence-electron chi connectivity index (χ1n) is 7.38. The normalized spacial score (nSPS) is 14.4. The molecule has 0 spiro atoms. The lowest BCUT2D eigenvalue weighted by atomic mass is 10.1. The number of amides is 2. The molecule has 8 heteroatoms. The van der Waals surface area contributed by atoms with Crippen molar-refractivity contribution < 1.29 is 19.2 Å². The predicted molar refractivity (Wildman–Crippen MR) is 83.1 cm³/mol. The van der Waals surface area contributed by atoms with Crippen LogP contribution in [0.25, 0.3) is 0 Å². The van der Waals surface area contributed by atoms with Crippen molar-refractivity contribution in [3.8, 4) is 0 Å². The number of anilines is 1. The van der Waals surface area contributed by atoms with E-state index in [9.17, 15) is 19.7 Å². The van der Waals surface area contributed by atoms with E-state index < -0.39 is 4.92 Å². The highest BCUT2D eigenvalue weighted by atomic mass is 16.6. The molecule has 1 fully saturated rings. The summed E-state index contributed by atoms with van der Waals surface area (Å²) in [5.74, 6) is -0.422. The molecule has 0 radical (unpaired) electrons. The zero-order valence-electron chi connectivity index (χ0n) is 12.9. The quantitative estimate of drug-likeness (QED) is 0.654. The van der Waals surface area contributed by atoms with Gasteiger partial charge in [0.1, 0.15) is 0 Å². The summed E-state index contributed by atoms with van der Waals surface area (Å²) in [5, 5.41) is 13.5. The number of hydrogen-bond donors (Lipinski definition) is 1. The number of benzene rings is 1. The van der Waals surface area contributed by atoms with Crippen LogP contribution in [0.1, 0.15) is 18.4 Å². The number of carbonyl (C=O) groups excluding carboxylic acids is 2. The highest BCUT2D eigenvalue weighted by molar-refractivity contribution is 5.94. The molecule has 0 saturated carbocycles. The van der Waals surface area contributed by atoms with E-state index in [0.717, 1.165) is 0 Å². The van der Waals surface area contributed by atoms with E-state index in [1.807, 2.05) is 0 Å². The van der Waals surface area contributed by atoms with Gasteiger partial charge in [0.05, 0.1) is 29.4 Å². The molecule has 1 aromatic carbocycles. The first-order chi connectivity index (χ1) is 11.0. The highest BCUT2D eigenvalue weighted by Crippen LogP contribution is 2.25. The second-order valence-corrected chi connectivity index (χ2v) is 5.25. The van der Waals surface area contributed by atoms with Crippen molar-refractivity contribution in [2.24, 2.45) is 0 Å². The van der Waals surface area contributed by atoms with Gasteiger partial charge < -0.3 is 15.0 Å². The van der Waals surface area contributed by atoms with Crippen molar-refractivity contribution >= 4 is 23.2 Å². The van der Waals surface area contributed by atoms with Gasteiger partial charge in [0.15, 0.2) is 0 Å². The van der Waals surface area contributed by atoms with Crippen molar-refractivity contribution in [3.05, 3.63) is 33.9 Å². The fourth-order valence-electron chi connectivity index (χ4n) is 2.36. The molecular formula is C15H19N3O5. The lowest BCUT2D eigenvalue weighted by Crippen LogP contribution is -2.40.